The normalized spacial score (nSPS) is 20.1. The molecule has 0 unspecified atom stereocenters. The highest BCUT2D eigenvalue weighted by molar-refractivity contribution is 6.57. The van der Waals surface area contributed by atoms with Crippen LogP contribution in [0.15, 0.2) is 12.3 Å². The van der Waals surface area contributed by atoms with Crippen LogP contribution < -0.4 is 5.32 Å². The van der Waals surface area contributed by atoms with Crippen LogP contribution in [0, 0.1) is 0 Å². The van der Waals surface area contributed by atoms with Crippen molar-refractivity contribution in [2.45, 2.75) is 24.8 Å². The first kappa shape index (κ1) is 9.17. The smallest absolute Gasteiger partial charge is 0.215 e. The van der Waals surface area contributed by atoms with Gasteiger partial charge in [-0.05, 0) is 25.3 Å². The number of hydrogen-bond donors (Lipinski definition) is 1. The van der Waals surface area contributed by atoms with Crippen molar-refractivity contribution in [3.63, 3.8) is 0 Å². The molecule has 1 amide bonds. The van der Waals surface area contributed by atoms with Crippen LogP contribution >= 0.6 is 0 Å². The van der Waals surface area contributed by atoms with Crippen molar-refractivity contribution in [3.8, 4) is 0 Å². The summed E-state index contributed by atoms with van der Waals surface area (Å²) in [5, 5.41) is 2.92. The maximum Gasteiger partial charge on any atom is 0.215 e. The summed E-state index contributed by atoms with van der Waals surface area (Å²) >= 11 is 0. The lowest BCUT2D eigenvalue weighted by Crippen LogP contribution is -2.51. The van der Waals surface area contributed by atoms with Gasteiger partial charge in [-0.15, -0.1) is 0 Å². The van der Waals surface area contributed by atoms with Crippen molar-refractivity contribution < 1.29 is 9.53 Å². The average molecular weight is 167 g/mol. The van der Waals surface area contributed by atoms with Gasteiger partial charge in [0, 0.05) is 0 Å². The third-order valence-electron chi connectivity index (χ3n) is 2.19. The number of rotatable bonds is 3. The van der Waals surface area contributed by atoms with E-state index in [1.807, 2.05) is 6.08 Å². The summed E-state index contributed by atoms with van der Waals surface area (Å²) in [5.41, 5.74) is -0.109. The first-order chi connectivity index (χ1) is 5.68. The number of hydrogen-bond acceptors (Lipinski definition) is 2. The summed E-state index contributed by atoms with van der Waals surface area (Å²) in [7, 11) is 3.15. The van der Waals surface area contributed by atoms with Crippen molar-refractivity contribution in [1.82, 2.24) is 5.32 Å². The van der Waals surface area contributed by atoms with Crippen molar-refractivity contribution in [2.24, 2.45) is 0 Å². The van der Waals surface area contributed by atoms with E-state index < -0.39 is 0 Å². The van der Waals surface area contributed by atoms with Gasteiger partial charge in [0.1, 0.15) is 0 Å². The number of ether oxygens (including phenoxy) is 1. The molecule has 1 aliphatic carbocycles. The summed E-state index contributed by atoms with van der Waals surface area (Å²) in [6, 6.07) is 0. The topological polar surface area (TPSA) is 38.3 Å². The zero-order valence-electron chi connectivity index (χ0n) is 7.59. The van der Waals surface area contributed by atoms with Gasteiger partial charge in [0.25, 0.3) is 0 Å². The molecule has 0 saturated heterocycles. The summed E-state index contributed by atoms with van der Waals surface area (Å²) < 4.78 is 4.82. The van der Waals surface area contributed by atoms with E-state index in [1.54, 1.807) is 21.2 Å². The third kappa shape index (κ3) is 2.03. The standard InChI is InChI=1S/C8H14BNO2/c1-12-6-5-8(3-2-4-8)10-7(9)11/h5-6H,2-4,9H2,1H3,(H,10,11)/b6-5+. The number of methoxy groups -OCH3 is 1. The second-order valence-corrected chi connectivity index (χ2v) is 3.23. The van der Waals surface area contributed by atoms with E-state index in [0.29, 0.717) is 0 Å². The molecule has 0 spiro atoms. The minimum Gasteiger partial charge on any atom is -0.505 e. The molecule has 0 aromatic carbocycles. The monoisotopic (exact) mass is 167 g/mol. The van der Waals surface area contributed by atoms with Crippen molar-refractivity contribution in [2.75, 3.05) is 7.11 Å². The predicted octanol–water partition coefficient (Wildman–Crippen LogP) is 0.412. The molecular formula is C8H14BNO2. The molecule has 1 rings (SSSR count). The Hall–Kier alpha value is -0.925. The van der Waals surface area contributed by atoms with Gasteiger partial charge in [0.2, 0.25) is 7.85 Å². The molecule has 0 aromatic rings. The van der Waals surface area contributed by atoms with Crippen molar-refractivity contribution in [3.05, 3.63) is 12.3 Å². The Labute approximate surface area is 73.6 Å². The molecule has 1 saturated carbocycles. The molecule has 1 aliphatic rings. The second-order valence-electron chi connectivity index (χ2n) is 3.23. The van der Waals surface area contributed by atoms with Gasteiger partial charge in [-0.25, -0.2) is 0 Å². The largest absolute Gasteiger partial charge is 0.505 e. The Bertz CT molecular complexity index is 199. The van der Waals surface area contributed by atoms with E-state index in [4.69, 9.17) is 4.74 Å². The van der Waals surface area contributed by atoms with Crippen molar-refractivity contribution >= 4 is 13.7 Å². The first-order valence-electron chi connectivity index (χ1n) is 4.18. The van der Waals surface area contributed by atoms with Crippen molar-refractivity contribution in [1.29, 1.82) is 0 Å². The molecule has 0 radical (unpaired) electrons. The van der Waals surface area contributed by atoms with Crippen LogP contribution in [0.1, 0.15) is 19.3 Å². The number of amides is 1. The fourth-order valence-electron chi connectivity index (χ4n) is 1.44. The van der Waals surface area contributed by atoms with E-state index in [-0.39, 0.29) is 11.3 Å². The summed E-state index contributed by atoms with van der Waals surface area (Å²) in [6.07, 6.45) is 6.78. The SMILES string of the molecule is BC(=O)NC1(/C=C/OC)CCC1. The fourth-order valence-corrected chi connectivity index (χ4v) is 1.44. The Kier molecular flexibility index (Phi) is 2.79. The molecule has 66 valence electrons. The highest BCUT2D eigenvalue weighted by Crippen LogP contribution is 2.32. The second kappa shape index (κ2) is 3.65. The molecule has 0 aromatic heterocycles. The minimum atomic E-state index is -0.109. The highest BCUT2D eigenvalue weighted by atomic mass is 16.5. The summed E-state index contributed by atoms with van der Waals surface area (Å²) in [6.45, 7) is 0. The van der Waals surface area contributed by atoms with E-state index in [2.05, 4.69) is 5.32 Å². The van der Waals surface area contributed by atoms with Crippen LogP contribution in [-0.2, 0) is 4.74 Å². The highest BCUT2D eigenvalue weighted by Gasteiger charge is 2.34. The number of nitrogens with one attached hydrogen (secondary N) is 1. The Balaban J connectivity index is 2.50. The van der Waals surface area contributed by atoms with E-state index in [0.717, 1.165) is 12.8 Å². The summed E-state index contributed by atoms with van der Waals surface area (Å²) in [4.78, 5) is 10.8. The van der Waals surface area contributed by atoms with Gasteiger partial charge in [-0.1, -0.05) is 0 Å². The van der Waals surface area contributed by atoms with Crippen LogP contribution in [0.4, 0.5) is 4.79 Å². The Morgan fingerprint density at radius 1 is 1.67 bits per heavy atom. The van der Waals surface area contributed by atoms with Crippen LogP contribution in [0.2, 0.25) is 0 Å². The van der Waals surface area contributed by atoms with E-state index in [9.17, 15) is 4.79 Å². The molecule has 3 nitrogen and oxygen atoms in total. The molecule has 1 fully saturated rings. The van der Waals surface area contributed by atoms with E-state index >= 15 is 0 Å². The number of carbonyl (C=O) groups is 1. The minimum absolute atomic E-state index is 0.0236. The zero-order valence-corrected chi connectivity index (χ0v) is 7.59. The van der Waals surface area contributed by atoms with Crippen LogP contribution in [0.25, 0.3) is 0 Å². The maximum atomic E-state index is 10.8. The van der Waals surface area contributed by atoms with Gasteiger partial charge < -0.3 is 10.1 Å². The Morgan fingerprint density at radius 2 is 2.33 bits per heavy atom. The summed E-state index contributed by atoms with van der Waals surface area (Å²) in [5.74, 6) is 0.0236. The maximum absolute atomic E-state index is 10.8. The van der Waals surface area contributed by atoms with Gasteiger partial charge in [0.05, 0.1) is 18.9 Å². The lowest BCUT2D eigenvalue weighted by atomic mass is 9.76. The quantitative estimate of drug-likeness (QED) is 0.488. The average Bonchev–Trinajstić information content (AvgIpc) is 1.94. The fraction of sp³-hybridized carbons (Fsp3) is 0.625. The molecule has 12 heavy (non-hydrogen) atoms. The zero-order chi connectivity index (χ0) is 9.03. The van der Waals surface area contributed by atoms with Crippen LogP contribution in [0.5, 0.6) is 0 Å². The van der Waals surface area contributed by atoms with Crippen LogP contribution in [-0.4, -0.2) is 26.3 Å². The number of carbonyl (C=O) groups excluding carboxylic acids is 1. The molecule has 0 aliphatic heterocycles. The molecule has 0 atom stereocenters. The van der Waals surface area contributed by atoms with Gasteiger partial charge in [-0.2, -0.15) is 0 Å². The molecule has 4 heteroatoms. The molecule has 0 heterocycles. The third-order valence-corrected chi connectivity index (χ3v) is 2.19. The lowest BCUT2D eigenvalue weighted by Gasteiger charge is -2.39. The van der Waals surface area contributed by atoms with Gasteiger partial charge in [0.15, 0.2) is 5.81 Å². The Morgan fingerprint density at radius 3 is 2.67 bits per heavy atom. The lowest BCUT2D eigenvalue weighted by molar-refractivity contribution is 0.221. The van der Waals surface area contributed by atoms with Gasteiger partial charge in [-0.3, -0.25) is 4.79 Å². The predicted molar refractivity (Wildman–Crippen MR) is 49.8 cm³/mol. The van der Waals surface area contributed by atoms with E-state index in [1.165, 1.54) is 6.42 Å². The first-order valence-corrected chi connectivity index (χ1v) is 4.18. The molecule has 1 N–H and O–H groups in total. The molecule has 0 bridgehead atoms. The molecular weight excluding hydrogens is 153 g/mol. The van der Waals surface area contributed by atoms with Gasteiger partial charge >= 0.3 is 0 Å². The van der Waals surface area contributed by atoms with Crippen LogP contribution in [0.3, 0.4) is 0 Å².